The van der Waals surface area contributed by atoms with Crippen LogP contribution in [-0.2, 0) is 0 Å². The van der Waals surface area contributed by atoms with Gasteiger partial charge in [-0.25, -0.2) is 4.98 Å². The summed E-state index contributed by atoms with van der Waals surface area (Å²) in [6.07, 6.45) is 1.50. The molecule has 1 aromatic heterocycles. The number of phenolic OH excluding ortho intramolecular Hbond substituents is 2. The van der Waals surface area contributed by atoms with Crippen LogP contribution in [-0.4, -0.2) is 20.2 Å². The monoisotopic (exact) mass is 278 g/mol. The van der Waals surface area contributed by atoms with Gasteiger partial charge in [-0.1, -0.05) is 0 Å². The van der Waals surface area contributed by atoms with E-state index in [2.05, 4.69) is 9.97 Å². The molecule has 0 saturated carbocycles. The molecule has 0 spiro atoms. The van der Waals surface area contributed by atoms with Gasteiger partial charge >= 0.3 is 0 Å². The molecule has 0 atom stereocenters. The molecule has 5 heteroatoms. The molecule has 0 aliphatic carbocycles. The number of rotatable bonds is 0. The Balaban J connectivity index is 0.000000720. The van der Waals surface area contributed by atoms with Crippen LogP contribution in [0.2, 0.25) is 0 Å². The van der Waals surface area contributed by atoms with Crippen molar-refractivity contribution in [1.29, 1.82) is 0 Å². The van der Waals surface area contributed by atoms with Crippen molar-refractivity contribution in [3.05, 3.63) is 18.5 Å². The first-order valence-corrected chi connectivity index (χ1v) is 3.12. The number of aromatic hydroxyl groups is 2. The number of hydrogen-bond donors (Lipinski definition) is 3. The number of aromatic amines is 1. The highest BCUT2D eigenvalue weighted by atomic mass is 127. The molecule has 0 amide bonds. The third-order valence-electron chi connectivity index (χ3n) is 1.52. The standard InChI is InChI=1S/C7H6N2O2.HI/c10-6-1-4-5(2-7(6)11)9-3-8-4;/h1-3,10-11H,(H,8,9);1H. The fourth-order valence-electron chi connectivity index (χ4n) is 0.960. The predicted molar refractivity (Wildman–Crippen MR) is 54.8 cm³/mol. The van der Waals surface area contributed by atoms with E-state index < -0.39 is 0 Å². The van der Waals surface area contributed by atoms with E-state index in [0.717, 1.165) is 0 Å². The van der Waals surface area contributed by atoms with E-state index in [9.17, 15) is 0 Å². The van der Waals surface area contributed by atoms with Gasteiger partial charge in [0.05, 0.1) is 17.4 Å². The van der Waals surface area contributed by atoms with Gasteiger partial charge in [-0.3, -0.25) is 0 Å². The Bertz CT molecular complexity index is 363. The summed E-state index contributed by atoms with van der Waals surface area (Å²) in [5.74, 6) is -0.286. The van der Waals surface area contributed by atoms with Crippen molar-refractivity contribution in [1.82, 2.24) is 9.97 Å². The highest BCUT2D eigenvalue weighted by molar-refractivity contribution is 14.0. The van der Waals surface area contributed by atoms with Crippen molar-refractivity contribution in [3.8, 4) is 11.5 Å². The van der Waals surface area contributed by atoms with E-state index in [1.165, 1.54) is 18.5 Å². The number of halogens is 1. The summed E-state index contributed by atoms with van der Waals surface area (Å²) in [4.78, 5) is 6.70. The molecular weight excluding hydrogens is 271 g/mol. The van der Waals surface area contributed by atoms with Crippen molar-refractivity contribution in [3.63, 3.8) is 0 Å². The van der Waals surface area contributed by atoms with Crippen molar-refractivity contribution >= 4 is 35.0 Å². The molecule has 2 rings (SSSR count). The van der Waals surface area contributed by atoms with Gasteiger partial charge in [0.25, 0.3) is 0 Å². The number of nitrogens with one attached hydrogen (secondary N) is 1. The number of fused-ring (bicyclic) bond motifs is 1. The normalized spacial score (nSPS) is 9.67. The van der Waals surface area contributed by atoms with E-state index in [-0.39, 0.29) is 35.5 Å². The molecule has 0 fully saturated rings. The molecule has 0 bridgehead atoms. The molecule has 3 N–H and O–H groups in total. The molecule has 2 aromatic rings. The number of hydrogen-bond acceptors (Lipinski definition) is 3. The molecule has 12 heavy (non-hydrogen) atoms. The quantitative estimate of drug-likeness (QED) is 0.506. The molecular formula is C7H7IN2O2. The molecule has 0 saturated heterocycles. The van der Waals surface area contributed by atoms with Crippen molar-refractivity contribution in [2.24, 2.45) is 0 Å². The van der Waals surface area contributed by atoms with E-state index in [1.54, 1.807) is 0 Å². The summed E-state index contributed by atoms with van der Waals surface area (Å²) in [6.45, 7) is 0. The molecule has 0 unspecified atom stereocenters. The molecule has 1 aromatic carbocycles. The number of nitrogens with zero attached hydrogens (tertiary/aromatic N) is 1. The second kappa shape index (κ2) is 3.18. The van der Waals surface area contributed by atoms with Gasteiger partial charge in [-0.15, -0.1) is 24.0 Å². The number of benzene rings is 1. The smallest absolute Gasteiger partial charge is 0.159 e. The maximum absolute atomic E-state index is 9.04. The summed E-state index contributed by atoms with van der Waals surface area (Å²) in [6, 6.07) is 2.83. The first-order valence-electron chi connectivity index (χ1n) is 3.12. The summed E-state index contributed by atoms with van der Waals surface area (Å²) in [5.41, 5.74) is 1.35. The molecule has 0 radical (unpaired) electrons. The first-order chi connectivity index (χ1) is 5.27. The summed E-state index contributed by atoms with van der Waals surface area (Å²) < 4.78 is 0. The molecule has 64 valence electrons. The van der Waals surface area contributed by atoms with Crippen molar-refractivity contribution in [2.75, 3.05) is 0 Å². The Morgan fingerprint density at radius 1 is 1.17 bits per heavy atom. The van der Waals surface area contributed by atoms with E-state index in [0.29, 0.717) is 11.0 Å². The largest absolute Gasteiger partial charge is 0.504 e. The van der Waals surface area contributed by atoms with Crippen molar-refractivity contribution < 1.29 is 10.2 Å². The molecule has 0 aliphatic heterocycles. The molecule has 4 nitrogen and oxygen atoms in total. The highest BCUT2D eigenvalue weighted by Crippen LogP contribution is 2.27. The molecule has 0 aliphatic rings. The lowest BCUT2D eigenvalue weighted by molar-refractivity contribution is 0.405. The van der Waals surface area contributed by atoms with Crippen LogP contribution in [0.5, 0.6) is 11.5 Å². The zero-order chi connectivity index (χ0) is 7.84. The van der Waals surface area contributed by atoms with E-state index >= 15 is 0 Å². The zero-order valence-corrected chi connectivity index (χ0v) is 8.31. The van der Waals surface area contributed by atoms with Gasteiger partial charge < -0.3 is 15.2 Å². The second-order valence-electron chi connectivity index (χ2n) is 2.26. The van der Waals surface area contributed by atoms with Gasteiger partial charge in [0.15, 0.2) is 11.5 Å². The maximum atomic E-state index is 9.04. The van der Waals surface area contributed by atoms with Crippen LogP contribution in [0.4, 0.5) is 0 Å². The SMILES string of the molecule is I.Oc1cc2nc[nH]c2cc1O. The maximum Gasteiger partial charge on any atom is 0.159 e. The van der Waals surface area contributed by atoms with E-state index in [4.69, 9.17) is 10.2 Å². The number of phenols is 2. The summed E-state index contributed by atoms with van der Waals surface area (Å²) >= 11 is 0. The Kier molecular flexibility index (Phi) is 2.41. The fraction of sp³-hybridized carbons (Fsp3) is 0. The Morgan fingerprint density at radius 3 is 2.58 bits per heavy atom. The lowest BCUT2D eigenvalue weighted by Crippen LogP contribution is -1.71. The highest BCUT2D eigenvalue weighted by Gasteiger charge is 2.02. The second-order valence-corrected chi connectivity index (χ2v) is 2.26. The van der Waals surface area contributed by atoms with Gasteiger partial charge in [-0.05, 0) is 0 Å². The van der Waals surface area contributed by atoms with Crippen LogP contribution in [0, 0.1) is 0 Å². The van der Waals surface area contributed by atoms with Crippen molar-refractivity contribution in [2.45, 2.75) is 0 Å². The number of aromatic nitrogens is 2. The lowest BCUT2D eigenvalue weighted by Gasteiger charge is -1.94. The van der Waals surface area contributed by atoms with Crippen LogP contribution in [0.1, 0.15) is 0 Å². The van der Waals surface area contributed by atoms with Gasteiger partial charge in [0.2, 0.25) is 0 Å². The van der Waals surface area contributed by atoms with Crippen LogP contribution in [0.25, 0.3) is 11.0 Å². The van der Waals surface area contributed by atoms with Gasteiger partial charge in [-0.2, -0.15) is 0 Å². The average Bonchev–Trinajstić information content (AvgIpc) is 2.36. The van der Waals surface area contributed by atoms with E-state index in [1.807, 2.05) is 0 Å². The minimum atomic E-state index is -0.149. The first kappa shape index (κ1) is 9.11. The minimum Gasteiger partial charge on any atom is -0.504 e. The van der Waals surface area contributed by atoms with Crippen LogP contribution < -0.4 is 0 Å². The zero-order valence-electron chi connectivity index (χ0n) is 5.98. The van der Waals surface area contributed by atoms with Crippen LogP contribution >= 0.6 is 24.0 Å². The predicted octanol–water partition coefficient (Wildman–Crippen LogP) is 1.59. The number of imidazole rings is 1. The third-order valence-corrected chi connectivity index (χ3v) is 1.52. The van der Waals surface area contributed by atoms with Gasteiger partial charge in [0.1, 0.15) is 0 Å². The average molecular weight is 278 g/mol. The fourth-order valence-corrected chi connectivity index (χ4v) is 0.960. The Morgan fingerprint density at radius 2 is 1.83 bits per heavy atom. The Hall–Kier alpha value is -0.980. The van der Waals surface area contributed by atoms with Gasteiger partial charge in [0, 0.05) is 12.1 Å². The minimum absolute atomic E-state index is 0. The Labute approximate surface area is 85.3 Å². The third kappa shape index (κ3) is 1.31. The topological polar surface area (TPSA) is 69.1 Å². The lowest BCUT2D eigenvalue weighted by atomic mass is 10.3. The number of H-pyrrole nitrogens is 1. The molecule has 1 heterocycles. The van der Waals surface area contributed by atoms with Crippen LogP contribution in [0.15, 0.2) is 18.5 Å². The van der Waals surface area contributed by atoms with Crippen LogP contribution in [0.3, 0.4) is 0 Å². The summed E-state index contributed by atoms with van der Waals surface area (Å²) in [5, 5.41) is 18.1. The summed E-state index contributed by atoms with van der Waals surface area (Å²) in [7, 11) is 0.